The van der Waals surface area contributed by atoms with Gasteiger partial charge in [-0.3, -0.25) is 9.59 Å². The van der Waals surface area contributed by atoms with Crippen LogP contribution in [0.3, 0.4) is 0 Å². The van der Waals surface area contributed by atoms with Gasteiger partial charge in [0.25, 0.3) is 0 Å². The Balaban J connectivity index is 2.33. The number of hydrogen-bond acceptors (Lipinski definition) is 5. The van der Waals surface area contributed by atoms with E-state index in [-0.39, 0.29) is 23.1 Å². The van der Waals surface area contributed by atoms with E-state index in [4.69, 9.17) is 9.47 Å². The van der Waals surface area contributed by atoms with Crippen LogP contribution >= 0.6 is 0 Å². The zero-order chi connectivity index (χ0) is 18.4. The number of aldehydes is 2. The summed E-state index contributed by atoms with van der Waals surface area (Å²) in [6, 6.07) is 1.52. The van der Waals surface area contributed by atoms with Gasteiger partial charge in [0.05, 0.1) is 18.6 Å². The predicted octanol–water partition coefficient (Wildman–Crippen LogP) is 3.70. The molecule has 0 spiro atoms. The summed E-state index contributed by atoms with van der Waals surface area (Å²) < 4.78 is 10.8. The predicted molar refractivity (Wildman–Crippen MR) is 95.7 cm³/mol. The molecule has 0 heterocycles. The van der Waals surface area contributed by atoms with E-state index in [0.29, 0.717) is 48.8 Å². The van der Waals surface area contributed by atoms with Gasteiger partial charge >= 0.3 is 5.97 Å². The van der Waals surface area contributed by atoms with E-state index in [1.54, 1.807) is 6.08 Å². The van der Waals surface area contributed by atoms with Crippen LogP contribution in [0.5, 0.6) is 11.5 Å². The molecular weight excluding hydrogens is 320 g/mol. The maximum Gasteiger partial charge on any atom is 0.314 e. The van der Waals surface area contributed by atoms with Gasteiger partial charge in [-0.05, 0) is 31.7 Å². The minimum atomic E-state index is -0.393. The number of methoxy groups -OCH3 is 1. The first-order chi connectivity index (χ1) is 12.1. The van der Waals surface area contributed by atoms with Crippen molar-refractivity contribution >= 4 is 30.7 Å². The second kappa shape index (κ2) is 8.42. The molecule has 0 saturated heterocycles. The maximum absolute atomic E-state index is 12.5. The van der Waals surface area contributed by atoms with Gasteiger partial charge in [-0.1, -0.05) is 25.3 Å². The van der Waals surface area contributed by atoms with Crippen LogP contribution < -0.4 is 9.47 Å². The van der Waals surface area contributed by atoms with Gasteiger partial charge in [0, 0.05) is 17.0 Å². The van der Waals surface area contributed by atoms with E-state index in [2.05, 4.69) is 13.2 Å². The SMILES string of the molecule is C=Cc1c(OC)cc(C=O)c(OC(=O)C2CCC(C=O)CC2)c1C=C. The quantitative estimate of drug-likeness (QED) is 0.429. The minimum absolute atomic E-state index is 0.0201. The molecule has 0 atom stereocenters. The molecule has 0 radical (unpaired) electrons. The second-order valence-electron chi connectivity index (χ2n) is 6.02. The average Bonchev–Trinajstić information content (AvgIpc) is 2.67. The summed E-state index contributed by atoms with van der Waals surface area (Å²) in [6.07, 6.45) is 7.21. The molecule has 132 valence electrons. The van der Waals surface area contributed by atoms with Crippen LogP contribution in [0.2, 0.25) is 0 Å². The summed E-state index contributed by atoms with van der Waals surface area (Å²) in [7, 11) is 1.49. The van der Waals surface area contributed by atoms with Crippen molar-refractivity contribution in [1.82, 2.24) is 0 Å². The molecule has 25 heavy (non-hydrogen) atoms. The molecule has 0 bridgehead atoms. The lowest BCUT2D eigenvalue weighted by Crippen LogP contribution is -2.26. The molecule has 1 aliphatic carbocycles. The van der Waals surface area contributed by atoms with E-state index < -0.39 is 5.97 Å². The summed E-state index contributed by atoms with van der Waals surface area (Å²) in [6.45, 7) is 7.48. The van der Waals surface area contributed by atoms with Gasteiger partial charge in [-0.2, -0.15) is 0 Å². The van der Waals surface area contributed by atoms with E-state index in [9.17, 15) is 14.4 Å². The Kier molecular flexibility index (Phi) is 6.28. The number of hydrogen-bond donors (Lipinski definition) is 0. The summed E-state index contributed by atoms with van der Waals surface area (Å²) >= 11 is 0. The Bertz CT molecular complexity index is 697. The standard InChI is InChI=1S/C20H22O5/c1-4-16-17(5-2)19(15(12-22)10-18(16)24-3)25-20(23)14-8-6-13(11-21)7-9-14/h4-5,10-14H,1-2,6-9H2,3H3. The molecule has 0 N–H and O–H groups in total. The third kappa shape index (κ3) is 3.87. The lowest BCUT2D eigenvalue weighted by atomic mass is 9.83. The zero-order valence-electron chi connectivity index (χ0n) is 14.3. The summed E-state index contributed by atoms with van der Waals surface area (Å²) in [5, 5.41) is 0. The Hall–Kier alpha value is -2.69. The highest BCUT2D eigenvalue weighted by Crippen LogP contribution is 2.37. The number of carbonyl (C=O) groups excluding carboxylic acids is 3. The molecule has 0 aliphatic heterocycles. The van der Waals surface area contributed by atoms with Crippen LogP contribution in [0.15, 0.2) is 19.2 Å². The van der Waals surface area contributed by atoms with Crippen LogP contribution in [0.4, 0.5) is 0 Å². The van der Waals surface area contributed by atoms with Crippen molar-refractivity contribution in [2.45, 2.75) is 25.7 Å². The zero-order valence-corrected chi connectivity index (χ0v) is 14.3. The van der Waals surface area contributed by atoms with Gasteiger partial charge in [0.2, 0.25) is 0 Å². The van der Waals surface area contributed by atoms with Gasteiger partial charge in [0.1, 0.15) is 17.8 Å². The fourth-order valence-corrected chi connectivity index (χ4v) is 3.15. The van der Waals surface area contributed by atoms with Gasteiger partial charge in [-0.15, -0.1) is 0 Å². The van der Waals surface area contributed by atoms with Gasteiger partial charge in [-0.25, -0.2) is 0 Å². The fourth-order valence-electron chi connectivity index (χ4n) is 3.15. The van der Waals surface area contributed by atoms with Crippen molar-refractivity contribution in [2.75, 3.05) is 7.11 Å². The van der Waals surface area contributed by atoms with E-state index in [1.165, 1.54) is 19.3 Å². The lowest BCUT2D eigenvalue weighted by Gasteiger charge is -2.24. The number of rotatable bonds is 7. The topological polar surface area (TPSA) is 69.7 Å². The highest BCUT2D eigenvalue weighted by atomic mass is 16.5. The second-order valence-corrected chi connectivity index (χ2v) is 6.02. The summed E-state index contributed by atoms with van der Waals surface area (Å²) in [5.41, 5.74) is 1.31. The third-order valence-electron chi connectivity index (χ3n) is 4.60. The molecule has 2 rings (SSSR count). The van der Waals surface area contributed by atoms with Crippen molar-refractivity contribution in [3.63, 3.8) is 0 Å². The highest BCUT2D eigenvalue weighted by Gasteiger charge is 2.29. The first-order valence-electron chi connectivity index (χ1n) is 8.21. The Morgan fingerprint density at radius 3 is 2.24 bits per heavy atom. The summed E-state index contributed by atoms with van der Waals surface area (Å²) in [5.74, 6) is -0.0217. The van der Waals surface area contributed by atoms with Crippen molar-refractivity contribution in [2.24, 2.45) is 11.8 Å². The smallest absolute Gasteiger partial charge is 0.314 e. The van der Waals surface area contributed by atoms with Crippen LogP contribution in [0, 0.1) is 11.8 Å². The molecule has 1 aromatic carbocycles. The molecular formula is C20H22O5. The number of ether oxygens (including phenoxy) is 2. The molecule has 1 aliphatic rings. The number of esters is 1. The van der Waals surface area contributed by atoms with Crippen LogP contribution in [0.1, 0.15) is 47.2 Å². The Labute approximate surface area is 147 Å². The van der Waals surface area contributed by atoms with E-state index >= 15 is 0 Å². The number of carbonyl (C=O) groups is 3. The van der Waals surface area contributed by atoms with Crippen molar-refractivity contribution in [3.8, 4) is 11.5 Å². The molecule has 1 aromatic rings. The molecule has 1 fully saturated rings. The lowest BCUT2D eigenvalue weighted by molar-refractivity contribution is -0.140. The first kappa shape index (κ1) is 18.6. The Morgan fingerprint density at radius 2 is 1.76 bits per heavy atom. The molecule has 5 nitrogen and oxygen atoms in total. The first-order valence-corrected chi connectivity index (χ1v) is 8.21. The highest BCUT2D eigenvalue weighted by molar-refractivity contribution is 5.90. The molecule has 0 unspecified atom stereocenters. The largest absolute Gasteiger partial charge is 0.496 e. The minimum Gasteiger partial charge on any atom is -0.496 e. The van der Waals surface area contributed by atoms with Gasteiger partial charge in [0.15, 0.2) is 6.29 Å². The third-order valence-corrected chi connectivity index (χ3v) is 4.60. The fraction of sp³-hybridized carbons (Fsp3) is 0.350. The van der Waals surface area contributed by atoms with E-state index in [0.717, 1.165) is 6.29 Å². The van der Waals surface area contributed by atoms with E-state index in [1.807, 2.05) is 0 Å². The molecule has 1 saturated carbocycles. The van der Waals surface area contributed by atoms with Crippen molar-refractivity contribution < 1.29 is 23.9 Å². The van der Waals surface area contributed by atoms with Crippen LogP contribution in [-0.4, -0.2) is 25.7 Å². The maximum atomic E-state index is 12.5. The van der Waals surface area contributed by atoms with Crippen LogP contribution in [-0.2, 0) is 9.59 Å². The monoisotopic (exact) mass is 342 g/mol. The summed E-state index contributed by atoms with van der Waals surface area (Å²) in [4.78, 5) is 34.8. The average molecular weight is 342 g/mol. The van der Waals surface area contributed by atoms with Gasteiger partial charge < -0.3 is 14.3 Å². The number of benzene rings is 1. The van der Waals surface area contributed by atoms with Crippen LogP contribution in [0.25, 0.3) is 12.2 Å². The Morgan fingerprint density at radius 1 is 1.12 bits per heavy atom. The molecule has 0 aromatic heterocycles. The molecule has 0 amide bonds. The van der Waals surface area contributed by atoms with Crippen molar-refractivity contribution in [1.29, 1.82) is 0 Å². The normalized spacial score (nSPS) is 19.6. The molecule has 5 heteroatoms. The van der Waals surface area contributed by atoms with Crippen molar-refractivity contribution in [3.05, 3.63) is 35.9 Å².